The molecule has 31 heavy (non-hydrogen) atoms. The number of nitrogens with one attached hydrogen (secondary N) is 2. The van der Waals surface area contributed by atoms with Crippen molar-refractivity contribution < 1.29 is 9.47 Å². The predicted molar refractivity (Wildman–Crippen MR) is 122 cm³/mol. The number of rotatable bonds is 10. The number of aryl methyl sites for hydroxylation is 1. The molecular formula is C23H30N6O2. The monoisotopic (exact) mass is 422 g/mol. The number of nitrogens with zero attached hydrogens (tertiary/aromatic N) is 4. The molecule has 0 bridgehead atoms. The Labute approximate surface area is 183 Å². The number of hydrogen-bond donors (Lipinski definition) is 2. The molecule has 0 aliphatic carbocycles. The van der Waals surface area contributed by atoms with Crippen LogP contribution in [0.3, 0.4) is 0 Å². The van der Waals surface area contributed by atoms with Crippen LogP contribution in [0.4, 0.5) is 0 Å². The molecule has 3 rings (SSSR count). The highest BCUT2D eigenvalue weighted by Crippen LogP contribution is 2.28. The van der Waals surface area contributed by atoms with Gasteiger partial charge in [-0.15, -0.1) is 0 Å². The zero-order valence-electron chi connectivity index (χ0n) is 18.3. The third-order valence-electron chi connectivity index (χ3n) is 4.72. The second-order valence-electron chi connectivity index (χ2n) is 6.87. The fourth-order valence-corrected chi connectivity index (χ4v) is 3.16. The minimum Gasteiger partial charge on any atom is -0.493 e. The van der Waals surface area contributed by atoms with Gasteiger partial charge in [-0.05, 0) is 55.2 Å². The van der Waals surface area contributed by atoms with Crippen LogP contribution in [-0.4, -0.2) is 47.8 Å². The van der Waals surface area contributed by atoms with Crippen LogP contribution >= 0.6 is 0 Å². The first kappa shape index (κ1) is 22.1. The fraction of sp³-hybridized carbons (Fsp3) is 0.348. The van der Waals surface area contributed by atoms with Crippen LogP contribution in [0.5, 0.6) is 11.5 Å². The summed E-state index contributed by atoms with van der Waals surface area (Å²) < 4.78 is 12.9. The number of hydrogen-bond acceptors (Lipinski definition) is 5. The van der Waals surface area contributed by atoms with Crippen molar-refractivity contribution in [2.75, 3.05) is 27.3 Å². The summed E-state index contributed by atoms with van der Waals surface area (Å²) in [6.45, 7) is 4.05. The van der Waals surface area contributed by atoms with Crippen LogP contribution in [0.25, 0.3) is 5.82 Å². The Bertz CT molecular complexity index is 972. The van der Waals surface area contributed by atoms with Crippen molar-refractivity contribution in [3.8, 4) is 17.3 Å². The first-order valence-corrected chi connectivity index (χ1v) is 10.4. The maximum atomic E-state index is 5.66. The largest absolute Gasteiger partial charge is 0.493 e. The van der Waals surface area contributed by atoms with Gasteiger partial charge in [0, 0.05) is 38.7 Å². The minimum absolute atomic E-state index is 0.616. The lowest BCUT2D eigenvalue weighted by Gasteiger charge is -2.13. The highest BCUT2D eigenvalue weighted by Gasteiger charge is 2.06. The third-order valence-corrected chi connectivity index (χ3v) is 4.72. The average Bonchev–Trinajstić information content (AvgIpc) is 3.34. The molecule has 0 radical (unpaired) electrons. The molecule has 164 valence electrons. The topological polar surface area (TPSA) is 85.6 Å². The van der Waals surface area contributed by atoms with Gasteiger partial charge in [-0.25, -0.2) is 9.97 Å². The molecule has 2 N–H and O–H groups in total. The lowest BCUT2D eigenvalue weighted by Crippen LogP contribution is -2.37. The van der Waals surface area contributed by atoms with Crippen molar-refractivity contribution in [3.05, 3.63) is 66.4 Å². The van der Waals surface area contributed by atoms with E-state index in [1.54, 1.807) is 32.9 Å². The maximum absolute atomic E-state index is 5.66. The van der Waals surface area contributed by atoms with Crippen LogP contribution in [0.1, 0.15) is 24.5 Å². The van der Waals surface area contributed by atoms with Gasteiger partial charge in [0.1, 0.15) is 12.1 Å². The number of ether oxygens (including phenoxy) is 2. The summed E-state index contributed by atoms with van der Waals surface area (Å²) in [7, 11) is 3.43. The smallest absolute Gasteiger partial charge is 0.191 e. The zero-order chi connectivity index (χ0) is 21.9. The lowest BCUT2D eigenvalue weighted by atomic mass is 10.1. The zero-order valence-corrected chi connectivity index (χ0v) is 18.3. The molecule has 2 aromatic heterocycles. The molecule has 0 unspecified atom stereocenters. The maximum Gasteiger partial charge on any atom is 0.191 e. The molecule has 0 saturated heterocycles. The van der Waals surface area contributed by atoms with E-state index in [4.69, 9.17) is 9.47 Å². The van der Waals surface area contributed by atoms with E-state index >= 15 is 0 Å². The van der Waals surface area contributed by atoms with E-state index < -0.39 is 0 Å². The van der Waals surface area contributed by atoms with E-state index in [0.29, 0.717) is 13.2 Å². The van der Waals surface area contributed by atoms with Crippen LogP contribution in [0.2, 0.25) is 0 Å². The Hall–Kier alpha value is -3.55. The first-order valence-electron chi connectivity index (χ1n) is 10.4. The van der Waals surface area contributed by atoms with E-state index in [1.165, 1.54) is 5.56 Å². The molecule has 0 atom stereocenters. The number of guanidine groups is 1. The molecule has 0 fully saturated rings. The Kier molecular flexibility index (Phi) is 8.28. The second-order valence-corrected chi connectivity index (χ2v) is 6.87. The number of methoxy groups -OCH3 is 1. The van der Waals surface area contributed by atoms with E-state index in [0.717, 1.165) is 48.2 Å². The summed E-state index contributed by atoms with van der Waals surface area (Å²) in [6.07, 6.45) is 9.06. The third kappa shape index (κ3) is 6.47. The number of aliphatic imine (C=N–C) groups is 1. The molecule has 1 aromatic carbocycles. The number of aromatic nitrogens is 3. The Morgan fingerprint density at radius 3 is 2.74 bits per heavy atom. The molecule has 0 aliphatic heterocycles. The van der Waals surface area contributed by atoms with E-state index in [2.05, 4.69) is 37.7 Å². The quantitative estimate of drug-likeness (QED) is 0.297. The SMILES string of the molecule is CCOc1cc(CCCNC(=NC)NCc2ccnc(-n3ccnc3)c2)ccc1OC. The summed E-state index contributed by atoms with van der Waals surface area (Å²) in [4.78, 5) is 12.8. The van der Waals surface area contributed by atoms with E-state index in [-0.39, 0.29) is 0 Å². The second kappa shape index (κ2) is 11.6. The molecule has 0 amide bonds. The van der Waals surface area contributed by atoms with Gasteiger partial charge in [-0.2, -0.15) is 0 Å². The Morgan fingerprint density at radius 2 is 2.00 bits per heavy atom. The summed E-state index contributed by atoms with van der Waals surface area (Å²) in [5.74, 6) is 3.16. The molecule has 8 nitrogen and oxygen atoms in total. The van der Waals surface area contributed by atoms with E-state index in [1.807, 2.05) is 35.9 Å². The predicted octanol–water partition coefficient (Wildman–Crippen LogP) is 2.97. The summed E-state index contributed by atoms with van der Waals surface area (Å²) >= 11 is 0. The summed E-state index contributed by atoms with van der Waals surface area (Å²) in [5.41, 5.74) is 2.33. The number of imidazole rings is 1. The minimum atomic E-state index is 0.616. The van der Waals surface area contributed by atoms with Gasteiger partial charge in [-0.3, -0.25) is 9.56 Å². The van der Waals surface area contributed by atoms with Gasteiger partial charge in [-0.1, -0.05) is 6.07 Å². The fourth-order valence-electron chi connectivity index (χ4n) is 3.16. The molecule has 2 heterocycles. The molecular weight excluding hydrogens is 392 g/mol. The van der Waals surface area contributed by atoms with Crippen LogP contribution in [0, 0.1) is 0 Å². The average molecular weight is 423 g/mol. The van der Waals surface area contributed by atoms with Crippen molar-refractivity contribution in [2.45, 2.75) is 26.3 Å². The van der Waals surface area contributed by atoms with Crippen LogP contribution < -0.4 is 20.1 Å². The van der Waals surface area contributed by atoms with Crippen LogP contribution in [0.15, 0.2) is 60.2 Å². The van der Waals surface area contributed by atoms with Crippen molar-refractivity contribution in [3.63, 3.8) is 0 Å². The summed E-state index contributed by atoms with van der Waals surface area (Å²) in [6, 6.07) is 10.1. The van der Waals surface area contributed by atoms with Gasteiger partial charge >= 0.3 is 0 Å². The van der Waals surface area contributed by atoms with Crippen molar-refractivity contribution in [1.82, 2.24) is 25.2 Å². The highest BCUT2D eigenvalue weighted by atomic mass is 16.5. The normalized spacial score (nSPS) is 11.3. The highest BCUT2D eigenvalue weighted by molar-refractivity contribution is 5.79. The molecule has 3 aromatic rings. The number of benzene rings is 1. The van der Waals surface area contributed by atoms with Crippen molar-refractivity contribution >= 4 is 5.96 Å². The van der Waals surface area contributed by atoms with E-state index in [9.17, 15) is 0 Å². The van der Waals surface area contributed by atoms with Gasteiger partial charge in [0.15, 0.2) is 17.5 Å². The summed E-state index contributed by atoms with van der Waals surface area (Å²) in [5, 5.41) is 6.71. The van der Waals surface area contributed by atoms with Crippen molar-refractivity contribution in [1.29, 1.82) is 0 Å². The molecule has 0 spiro atoms. The lowest BCUT2D eigenvalue weighted by molar-refractivity contribution is 0.310. The van der Waals surface area contributed by atoms with Crippen molar-refractivity contribution in [2.24, 2.45) is 4.99 Å². The standard InChI is InChI=1S/C23H30N6O2/c1-4-31-21-14-18(7-8-20(21)30-3)6-5-10-27-23(24-2)28-16-19-9-11-26-22(15-19)29-13-12-25-17-29/h7-9,11-15,17H,4-6,10,16H2,1-3H3,(H2,24,27,28). The molecule has 0 aliphatic rings. The molecule has 0 saturated carbocycles. The van der Waals surface area contributed by atoms with Gasteiger partial charge in [0.2, 0.25) is 0 Å². The van der Waals surface area contributed by atoms with Gasteiger partial charge in [0.25, 0.3) is 0 Å². The number of pyridine rings is 1. The first-order chi connectivity index (χ1) is 15.2. The van der Waals surface area contributed by atoms with Crippen LogP contribution in [-0.2, 0) is 13.0 Å². The Balaban J connectivity index is 1.45. The Morgan fingerprint density at radius 1 is 1.10 bits per heavy atom. The molecule has 8 heteroatoms. The van der Waals surface area contributed by atoms with Gasteiger partial charge < -0.3 is 20.1 Å². The van der Waals surface area contributed by atoms with Gasteiger partial charge in [0.05, 0.1) is 13.7 Å².